The summed E-state index contributed by atoms with van der Waals surface area (Å²) in [5.41, 5.74) is 1.04. The first kappa shape index (κ1) is 10.6. The van der Waals surface area contributed by atoms with Crippen LogP contribution in [-0.2, 0) is 0 Å². The van der Waals surface area contributed by atoms with Crippen LogP contribution in [0.2, 0.25) is 0 Å². The summed E-state index contributed by atoms with van der Waals surface area (Å²) in [6.45, 7) is 3.95. The van der Waals surface area contributed by atoms with Crippen molar-refractivity contribution in [2.45, 2.75) is 32.3 Å². The minimum absolute atomic E-state index is 0.211. The summed E-state index contributed by atoms with van der Waals surface area (Å²) in [6.07, 6.45) is 0.642. The molecule has 15 heavy (non-hydrogen) atoms. The normalized spacial score (nSPS) is 15.4. The number of rotatable bonds is 3. The molecule has 80 valence electrons. The van der Waals surface area contributed by atoms with Gasteiger partial charge in [-0.3, -0.25) is 0 Å². The van der Waals surface area contributed by atoms with Gasteiger partial charge in [0.2, 0.25) is 0 Å². The monoisotopic (exact) mass is 221 g/mol. The SMILES string of the molecule is CCC(c1snc2ccccc12)C(C)O. The largest absolute Gasteiger partial charge is 0.393 e. The zero-order valence-corrected chi connectivity index (χ0v) is 9.79. The highest BCUT2D eigenvalue weighted by atomic mass is 32.1. The van der Waals surface area contributed by atoms with Crippen LogP contribution in [0.3, 0.4) is 0 Å². The van der Waals surface area contributed by atoms with Crippen molar-refractivity contribution < 1.29 is 5.11 Å². The summed E-state index contributed by atoms with van der Waals surface area (Å²) < 4.78 is 4.40. The Morgan fingerprint density at radius 3 is 2.80 bits per heavy atom. The van der Waals surface area contributed by atoms with E-state index in [1.54, 1.807) is 0 Å². The smallest absolute Gasteiger partial charge is 0.0843 e. The molecular weight excluding hydrogens is 206 g/mol. The third-order valence-corrected chi connectivity index (χ3v) is 3.78. The van der Waals surface area contributed by atoms with Crippen LogP contribution in [0.5, 0.6) is 0 Å². The summed E-state index contributed by atoms with van der Waals surface area (Å²) in [4.78, 5) is 1.21. The molecule has 0 radical (unpaired) electrons. The fourth-order valence-electron chi connectivity index (χ4n) is 1.92. The fourth-order valence-corrected chi connectivity index (χ4v) is 3.05. The van der Waals surface area contributed by atoms with E-state index in [-0.39, 0.29) is 12.0 Å². The molecule has 0 spiro atoms. The van der Waals surface area contributed by atoms with Crippen LogP contribution in [-0.4, -0.2) is 15.6 Å². The second-order valence-corrected chi connectivity index (χ2v) is 4.62. The van der Waals surface area contributed by atoms with Crippen molar-refractivity contribution in [1.29, 1.82) is 0 Å². The topological polar surface area (TPSA) is 33.1 Å². The number of benzene rings is 1. The molecule has 0 aliphatic carbocycles. The lowest BCUT2D eigenvalue weighted by Gasteiger charge is -2.16. The molecule has 0 saturated carbocycles. The van der Waals surface area contributed by atoms with E-state index < -0.39 is 0 Å². The first-order valence-corrected chi connectivity index (χ1v) is 6.03. The van der Waals surface area contributed by atoms with Crippen LogP contribution >= 0.6 is 11.5 Å². The van der Waals surface area contributed by atoms with Gasteiger partial charge in [-0.2, -0.15) is 4.37 Å². The third-order valence-electron chi connectivity index (χ3n) is 2.77. The lowest BCUT2D eigenvalue weighted by Crippen LogP contribution is -2.12. The predicted molar refractivity (Wildman–Crippen MR) is 64.3 cm³/mol. The van der Waals surface area contributed by atoms with Gasteiger partial charge in [-0.15, -0.1) is 0 Å². The van der Waals surface area contributed by atoms with Gasteiger partial charge in [-0.05, 0) is 30.9 Å². The molecule has 2 unspecified atom stereocenters. The van der Waals surface area contributed by atoms with Gasteiger partial charge in [0, 0.05) is 16.2 Å². The Hall–Kier alpha value is -0.930. The Bertz CT molecular complexity index is 450. The zero-order chi connectivity index (χ0) is 10.8. The van der Waals surface area contributed by atoms with Crippen molar-refractivity contribution in [2.24, 2.45) is 0 Å². The molecule has 0 fully saturated rings. The molecule has 2 rings (SSSR count). The number of aromatic nitrogens is 1. The van der Waals surface area contributed by atoms with E-state index in [9.17, 15) is 5.11 Å². The second kappa shape index (κ2) is 4.29. The average Bonchev–Trinajstić information content (AvgIpc) is 2.63. The molecular formula is C12H15NOS. The Labute approximate surface area is 93.7 Å². The highest BCUT2D eigenvalue weighted by Crippen LogP contribution is 2.33. The summed E-state index contributed by atoms with van der Waals surface area (Å²) in [5, 5.41) is 10.9. The molecule has 1 aromatic heterocycles. The molecule has 0 aliphatic rings. The molecule has 1 heterocycles. The minimum Gasteiger partial charge on any atom is -0.393 e. The van der Waals surface area contributed by atoms with E-state index in [1.807, 2.05) is 25.1 Å². The van der Waals surface area contributed by atoms with Gasteiger partial charge in [0.15, 0.2) is 0 Å². The summed E-state index contributed by atoms with van der Waals surface area (Å²) in [5.74, 6) is 0.211. The lowest BCUT2D eigenvalue weighted by molar-refractivity contribution is 0.161. The highest BCUT2D eigenvalue weighted by molar-refractivity contribution is 7.07. The van der Waals surface area contributed by atoms with Crippen molar-refractivity contribution in [1.82, 2.24) is 4.37 Å². The number of aliphatic hydroxyl groups is 1. The van der Waals surface area contributed by atoms with Crippen molar-refractivity contribution in [3.05, 3.63) is 29.1 Å². The summed E-state index contributed by atoms with van der Waals surface area (Å²) in [6, 6.07) is 8.12. The standard InChI is InChI=1S/C12H15NOS/c1-3-9(8(2)14)12-10-6-4-5-7-11(10)13-15-12/h4-9,14H,3H2,1-2H3. The first-order chi connectivity index (χ1) is 7.24. The van der Waals surface area contributed by atoms with Gasteiger partial charge in [0.25, 0.3) is 0 Å². The van der Waals surface area contributed by atoms with Gasteiger partial charge in [0.1, 0.15) is 0 Å². The lowest BCUT2D eigenvalue weighted by atomic mass is 9.96. The molecule has 1 N–H and O–H groups in total. The van der Waals surface area contributed by atoms with Gasteiger partial charge < -0.3 is 5.11 Å². The first-order valence-electron chi connectivity index (χ1n) is 5.26. The summed E-state index contributed by atoms with van der Waals surface area (Å²) in [7, 11) is 0. The molecule has 1 aromatic carbocycles. The molecule has 0 aliphatic heterocycles. The molecule has 3 heteroatoms. The van der Waals surface area contributed by atoms with E-state index >= 15 is 0 Å². The average molecular weight is 221 g/mol. The van der Waals surface area contributed by atoms with Crippen LogP contribution in [0.25, 0.3) is 10.9 Å². The van der Waals surface area contributed by atoms with Crippen molar-refractivity contribution >= 4 is 22.4 Å². The third kappa shape index (κ3) is 1.90. The van der Waals surface area contributed by atoms with Crippen molar-refractivity contribution in [3.63, 3.8) is 0 Å². The molecule has 2 nitrogen and oxygen atoms in total. The van der Waals surface area contributed by atoms with E-state index in [2.05, 4.69) is 17.4 Å². The molecule has 0 amide bonds. The van der Waals surface area contributed by atoms with E-state index in [1.165, 1.54) is 21.8 Å². The Morgan fingerprint density at radius 1 is 1.40 bits per heavy atom. The molecule has 2 aromatic rings. The number of hydrogen-bond donors (Lipinski definition) is 1. The molecule has 2 atom stereocenters. The quantitative estimate of drug-likeness (QED) is 0.863. The summed E-state index contributed by atoms with van der Waals surface area (Å²) >= 11 is 1.51. The van der Waals surface area contributed by atoms with Gasteiger partial charge in [-0.25, -0.2) is 0 Å². The maximum absolute atomic E-state index is 9.72. The van der Waals surface area contributed by atoms with Crippen LogP contribution in [0.1, 0.15) is 31.1 Å². The Balaban J connectivity index is 2.51. The number of aliphatic hydroxyl groups excluding tert-OH is 1. The van der Waals surface area contributed by atoms with Crippen LogP contribution in [0, 0.1) is 0 Å². The second-order valence-electron chi connectivity index (χ2n) is 3.82. The van der Waals surface area contributed by atoms with Crippen LogP contribution < -0.4 is 0 Å². The number of fused-ring (bicyclic) bond motifs is 1. The van der Waals surface area contributed by atoms with Crippen molar-refractivity contribution in [3.8, 4) is 0 Å². The van der Waals surface area contributed by atoms with E-state index in [0.717, 1.165) is 11.9 Å². The van der Waals surface area contributed by atoms with E-state index in [4.69, 9.17) is 0 Å². The van der Waals surface area contributed by atoms with Gasteiger partial charge >= 0.3 is 0 Å². The number of nitrogens with zero attached hydrogens (tertiary/aromatic N) is 1. The fraction of sp³-hybridized carbons (Fsp3) is 0.417. The molecule has 0 bridgehead atoms. The zero-order valence-electron chi connectivity index (χ0n) is 8.97. The van der Waals surface area contributed by atoms with Crippen LogP contribution in [0.4, 0.5) is 0 Å². The highest BCUT2D eigenvalue weighted by Gasteiger charge is 2.19. The maximum atomic E-state index is 9.72. The van der Waals surface area contributed by atoms with Crippen LogP contribution in [0.15, 0.2) is 24.3 Å². The Morgan fingerprint density at radius 2 is 2.13 bits per heavy atom. The van der Waals surface area contributed by atoms with E-state index in [0.29, 0.717) is 0 Å². The van der Waals surface area contributed by atoms with Gasteiger partial charge in [0.05, 0.1) is 11.6 Å². The predicted octanol–water partition coefficient (Wildman–Crippen LogP) is 3.17. The molecule has 0 saturated heterocycles. The maximum Gasteiger partial charge on any atom is 0.0843 e. The minimum atomic E-state index is -0.307. The number of hydrogen-bond acceptors (Lipinski definition) is 3. The van der Waals surface area contributed by atoms with Crippen molar-refractivity contribution in [2.75, 3.05) is 0 Å². The van der Waals surface area contributed by atoms with Gasteiger partial charge in [-0.1, -0.05) is 25.1 Å². The Kier molecular flexibility index (Phi) is 3.03.